The molecule has 0 bridgehead atoms. The first-order chi connectivity index (χ1) is 6.38. The Balaban J connectivity index is 3.78. The fourth-order valence-electron chi connectivity index (χ4n) is 0.732. The fourth-order valence-corrected chi connectivity index (χ4v) is 0.847. The Morgan fingerprint density at radius 1 is 1.21 bits per heavy atom. The Bertz CT molecular complexity index is 210. The van der Waals surface area contributed by atoms with Crippen LogP contribution in [0.5, 0.6) is 0 Å². The van der Waals surface area contributed by atoms with Gasteiger partial charge in [0.05, 0.1) is 0 Å². The third kappa shape index (κ3) is 6.46. The maximum absolute atomic E-state index is 11.0. The third-order valence-corrected chi connectivity index (χ3v) is 1.89. The van der Waals surface area contributed by atoms with Crippen molar-refractivity contribution in [1.82, 2.24) is 0 Å². The van der Waals surface area contributed by atoms with Crippen LogP contribution in [0.15, 0.2) is 0 Å². The molecule has 0 heterocycles. The van der Waals surface area contributed by atoms with Gasteiger partial charge in [0.1, 0.15) is 0 Å². The lowest BCUT2D eigenvalue weighted by atomic mass is 10.2. The minimum Gasteiger partial charge on any atom is -0.390 e. The first-order valence-corrected chi connectivity index (χ1v) is 5.33. The molecule has 0 spiro atoms. The summed E-state index contributed by atoms with van der Waals surface area (Å²) in [5.41, 5.74) is 0. The van der Waals surface area contributed by atoms with Crippen molar-refractivity contribution >= 4 is 46.7 Å². The Hall–Kier alpha value is 0.01000. The predicted octanol–water partition coefficient (Wildman–Crippen LogP) is 3.01. The monoisotopic (exact) mass is 260 g/mol. The van der Waals surface area contributed by atoms with E-state index in [4.69, 9.17) is 34.8 Å². The molecule has 0 unspecified atom stereocenters. The van der Waals surface area contributed by atoms with Crippen molar-refractivity contribution in [2.75, 3.05) is 0 Å². The summed E-state index contributed by atoms with van der Waals surface area (Å²) in [6.07, 6.45) is 2.71. The van der Waals surface area contributed by atoms with Crippen LogP contribution in [0.2, 0.25) is 0 Å². The molecule has 82 valence electrons. The van der Waals surface area contributed by atoms with Crippen LogP contribution in [0, 0.1) is 0 Å². The SMILES string of the molecule is CCCCCC(=O)OC(=O)C(Cl)(Cl)Cl. The zero-order valence-electron chi connectivity index (χ0n) is 7.69. The molecule has 0 aliphatic carbocycles. The average molecular weight is 262 g/mol. The van der Waals surface area contributed by atoms with Gasteiger partial charge < -0.3 is 4.74 Å². The molecule has 0 saturated carbocycles. The van der Waals surface area contributed by atoms with Gasteiger partial charge in [0.15, 0.2) is 0 Å². The number of carbonyl (C=O) groups is 2. The summed E-state index contributed by atoms with van der Waals surface area (Å²) in [4.78, 5) is 21.8. The minimum atomic E-state index is -2.18. The van der Waals surface area contributed by atoms with Gasteiger partial charge in [-0.05, 0) is 6.42 Å². The van der Waals surface area contributed by atoms with Crippen LogP contribution in [-0.2, 0) is 14.3 Å². The molecule has 0 N–H and O–H groups in total. The smallest absolute Gasteiger partial charge is 0.366 e. The number of halogens is 3. The lowest BCUT2D eigenvalue weighted by Gasteiger charge is -2.08. The second kappa shape index (κ2) is 6.49. The van der Waals surface area contributed by atoms with Gasteiger partial charge in [0, 0.05) is 6.42 Å². The van der Waals surface area contributed by atoms with E-state index in [-0.39, 0.29) is 6.42 Å². The van der Waals surface area contributed by atoms with E-state index >= 15 is 0 Å². The van der Waals surface area contributed by atoms with E-state index in [0.29, 0.717) is 6.42 Å². The number of carbonyl (C=O) groups excluding carboxylic acids is 2. The second-order valence-electron chi connectivity index (χ2n) is 2.72. The van der Waals surface area contributed by atoms with Gasteiger partial charge in [0.25, 0.3) is 3.79 Å². The van der Waals surface area contributed by atoms with E-state index in [1.54, 1.807) is 0 Å². The molecular weight excluding hydrogens is 250 g/mol. The molecule has 0 aromatic rings. The van der Waals surface area contributed by atoms with E-state index < -0.39 is 15.7 Å². The summed E-state index contributed by atoms with van der Waals surface area (Å²) in [5.74, 6) is -1.81. The van der Waals surface area contributed by atoms with Gasteiger partial charge in [-0.3, -0.25) is 4.79 Å². The molecule has 0 aromatic heterocycles. The number of hydrogen-bond acceptors (Lipinski definition) is 3. The highest BCUT2D eigenvalue weighted by atomic mass is 35.6. The van der Waals surface area contributed by atoms with Crippen molar-refractivity contribution in [3.05, 3.63) is 0 Å². The lowest BCUT2D eigenvalue weighted by molar-refractivity contribution is -0.159. The van der Waals surface area contributed by atoms with E-state index in [9.17, 15) is 9.59 Å². The molecule has 3 nitrogen and oxygen atoms in total. The van der Waals surface area contributed by atoms with E-state index in [1.165, 1.54) is 0 Å². The Labute approximate surface area is 97.6 Å². The Morgan fingerprint density at radius 2 is 1.79 bits per heavy atom. The molecule has 0 aliphatic heterocycles. The van der Waals surface area contributed by atoms with E-state index in [1.807, 2.05) is 6.92 Å². The van der Waals surface area contributed by atoms with Crippen LogP contribution in [0.25, 0.3) is 0 Å². The standard InChI is InChI=1S/C8H11Cl3O3/c1-2-3-4-5-6(12)14-7(13)8(9,10)11/h2-5H2,1H3. The summed E-state index contributed by atoms with van der Waals surface area (Å²) in [7, 11) is 0. The zero-order chi connectivity index (χ0) is 11.2. The Kier molecular flexibility index (Phi) is 6.49. The number of rotatable bonds is 4. The lowest BCUT2D eigenvalue weighted by Crippen LogP contribution is -2.25. The number of hydrogen-bond donors (Lipinski definition) is 0. The van der Waals surface area contributed by atoms with Crippen LogP contribution in [0.3, 0.4) is 0 Å². The van der Waals surface area contributed by atoms with Gasteiger partial charge in [-0.1, -0.05) is 54.6 Å². The minimum absolute atomic E-state index is 0.167. The normalized spacial score (nSPS) is 11.1. The van der Waals surface area contributed by atoms with Crippen molar-refractivity contribution in [1.29, 1.82) is 0 Å². The third-order valence-electron chi connectivity index (χ3n) is 1.42. The van der Waals surface area contributed by atoms with E-state index in [0.717, 1.165) is 12.8 Å². The molecule has 0 rings (SSSR count). The van der Waals surface area contributed by atoms with Crippen LogP contribution in [-0.4, -0.2) is 15.7 Å². The van der Waals surface area contributed by atoms with Gasteiger partial charge in [-0.25, -0.2) is 4.79 Å². The molecule has 6 heteroatoms. The fraction of sp³-hybridized carbons (Fsp3) is 0.750. The van der Waals surface area contributed by atoms with Crippen molar-refractivity contribution in [3.63, 3.8) is 0 Å². The van der Waals surface area contributed by atoms with Crippen LogP contribution in [0.4, 0.5) is 0 Å². The van der Waals surface area contributed by atoms with Gasteiger partial charge in [0.2, 0.25) is 0 Å². The topological polar surface area (TPSA) is 43.4 Å². The number of ether oxygens (including phenoxy) is 1. The van der Waals surface area contributed by atoms with Crippen LogP contribution >= 0.6 is 34.8 Å². The van der Waals surface area contributed by atoms with Gasteiger partial charge >= 0.3 is 11.9 Å². The molecule has 0 fully saturated rings. The van der Waals surface area contributed by atoms with Crippen LogP contribution in [0.1, 0.15) is 32.6 Å². The molecule has 0 atom stereocenters. The predicted molar refractivity (Wildman–Crippen MR) is 55.5 cm³/mol. The number of alkyl halides is 3. The molecule has 14 heavy (non-hydrogen) atoms. The summed E-state index contributed by atoms with van der Waals surface area (Å²) in [5, 5.41) is 0. The highest BCUT2D eigenvalue weighted by molar-refractivity contribution is 6.75. The highest BCUT2D eigenvalue weighted by Gasteiger charge is 2.34. The molecule has 0 aliphatic rings. The van der Waals surface area contributed by atoms with E-state index in [2.05, 4.69) is 4.74 Å². The van der Waals surface area contributed by atoms with Gasteiger partial charge in [-0.15, -0.1) is 0 Å². The highest BCUT2D eigenvalue weighted by Crippen LogP contribution is 2.27. The van der Waals surface area contributed by atoms with Crippen molar-refractivity contribution in [3.8, 4) is 0 Å². The second-order valence-corrected chi connectivity index (χ2v) is 5.00. The van der Waals surface area contributed by atoms with Gasteiger partial charge in [-0.2, -0.15) is 0 Å². The largest absolute Gasteiger partial charge is 0.390 e. The zero-order valence-corrected chi connectivity index (χ0v) is 9.95. The molecular formula is C8H11Cl3O3. The average Bonchev–Trinajstić information content (AvgIpc) is 2.03. The first-order valence-electron chi connectivity index (χ1n) is 4.19. The van der Waals surface area contributed by atoms with Crippen molar-refractivity contribution in [2.45, 2.75) is 36.4 Å². The van der Waals surface area contributed by atoms with Crippen LogP contribution < -0.4 is 0 Å². The Morgan fingerprint density at radius 3 is 2.21 bits per heavy atom. The summed E-state index contributed by atoms with van der Waals surface area (Å²) in [6, 6.07) is 0. The number of esters is 2. The van der Waals surface area contributed by atoms with Crippen molar-refractivity contribution in [2.24, 2.45) is 0 Å². The maximum atomic E-state index is 11.0. The molecule has 0 radical (unpaired) electrons. The first kappa shape index (κ1) is 14.0. The maximum Gasteiger partial charge on any atom is 0.366 e. The summed E-state index contributed by atoms with van der Waals surface area (Å²) >= 11 is 15.6. The summed E-state index contributed by atoms with van der Waals surface area (Å²) < 4.78 is 2.11. The van der Waals surface area contributed by atoms with Crippen molar-refractivity contribution < 1.29 is 14.3 Å². The molecule has 0 amide bonds. The number of unbranched alkanes of at least 4 members (excludes halogenated alkanes) is 2. The molecule has 0 saturated heterocycles. The quantitative estimate of drug-likeness (QED) is 0.338. The summed E-state index contributed by atoms with van der Waals surface area (Å²) in [6.45, 7) is 2.00. The molecule has 0 aromatic carbocycles.